The Hall–Kier alpha value is -1.16. The molecular weight excluding hydrogens is 196 g/mol. The lowest BCUT2D eigenvalue weighted by molar-refractivity contribution is 0.706. The molecule has 0 saturated carbocycles. The molecule has 1 rings (SSSR count). The standard InChI is InChI=1S/C10H14N2OS/c1-6(2)8-5-4-7(9(11)14)10(13)12(8)3/h4-6H,1-3H3,(H2,11,14). The highest BCUT2D eigenvalue weighted by Gasteiger charge is 2.09. The van der Waals surface area contributed by atoms with Crippen LogP contribution >= 0.6 is 12.2 Å². The van der Waals surface area contributed by atoms with Gasteiger partial charge in [-0.2, -0.15) is 0 Å². The van der Waals surface area contributed by atoms with Gasteiger partial charge in [0.2, 0.25) is 0 Å². The van der Waals surface area contributed by atoms with Gasteiger partial charge < -0.3 is 10.3 Å². The second kappa shape index (κ2) is 3.92. The summed E-state index contributed by atoms with van der Waals surface area (Å²) in [7, 11) is 1.74. The van der Waals surface area contributed by atoms with Gasteiger partial charge in [-0.25, -0.2) is 0 Å². The minimum atomic E-state index is -0.122. The molecule has 0 amide bonds. The zero-order valence-electron chi connectivity index (χ0n) is 8.57. The molecule has 1 aromatic rings. The summed E-state index contributed by atoms with van der Waals surface area (Å²) in [4.78, 5) is 11.9. The minimum absolute atomic E-state index is 0.122. The van der Waals surface area contributed by atoms with Crippen molar-refractivity contribution in [3.05, 3.63) is 33.7 Å². The number of aromatic nitrogens is 1. The van der Waals surface area contributed by atoms with Crippen molar-refractivity contribution >= 4 is 17.2 Å². The van der Waals surface area contributed by atoms with Gasteiger partial charge in [-0.3, -0.25) is 4.79 Å². The van der Waals surface area contributed by atoms with Gasteiger partial charge in [-0.15, -0.1) is 0 Å². The topological polar surface area (TPSA) is 48.0 Å². The maximum Gasteiger partial charge on any atom is 0.260 e. The van der Waals surface area contributed by atoms with Crippen molar-refractivity contribution in [2.24, 2.45) is 12.8 Å². The number of nitrogens with two attached hydrogens (primary N) is 1. The van der Waals surface area contributed by atoms with E-state index in [0.717, 1.165) is 5.69 Å². The van der Waals surface area contributed by atoms with E-state index in [0.29, 0.717) is 11.5 Å². The molecule has 0 aliphatic heterocycles. The maximum absolute atomic E-state index is 11.7. The fraction of sp³-hybridized carbons (Fsp3) is 0.400. The molecule has 0 aromatic carbocycles. The number of hydrogen-bond donors (Lipinski definition) is 1. The first kappa shape index (κ1) is 10.9. The van der Waals surface area contributed by atoms with E-state index in [9.17, 15) is 4.79 Å². The fourth-order valence-electron chi connectivity index (χ4n) is 1.42. The van der Waals surface area contributed by atoms with E-state index in [2.05, 4.69) is 0 Å². The Bertz CT molecular complexity index is 421. The van der Waals surface area contributed by atoms with Crippen LogP contribution in [-0.2, 0) is 7.05 Å². The summed E-state index contributed by atoms with van der Waals surface area (Å²) in [5, 5.41) is 0. The van der Waals surface area contributed by atoms with Crippen molar-refractivity contribution in [2.75, 3.05) is 0 Å². The maximum atomic E-state index is 11.7. The Morgan fingerprint density at radius 3 is 2.50 bits per heavy atom. The number of hydrogen-bond acceptors (Lipinski definition) is 2. The van der Waals surface area contributed by atoms with Crippen molar-refractivity contribution < 1.29 is 0 Å². The highest BCUT2D eigenvalue weighted by atomic mass is 32.1. The molecule has 76 valence electrons. The Morgan fingerprint density at radius 2 is 2.07 bits per heavy atom. The van der Waals surface area contributed by atoms with Crippen LogP contribution in [-0.4, -0.2) is 9.56 Å². The lowest BCUT2D eigenvalue weighted by Crippen LogP contribution is -2.29. The highest BCUT2D eigenvalue weighted by molar-refractivity contribution is 7.80. The third-order valence-corrected chi connectivity index (χ3v) is 2.42. The van der Waals surface area contributed by atoms with Gasteiger partial charge in [-0.05, 0) is 18.1 Å². The van der Waals surface area contributed by atoms with E-state index in [1.165, 1.54) is 0 Å². The summed E-state index contributed by atoms with van der Waals surface area (Å²) in [6, 6.07) is 3.58. The molecule has 1 aromatic heterocycles. The summed E-state index contributed by atoms with van der Waals surface area (Å²) in [6.45, 7) is 4.07. The van der Waals surface area contributed by atoms with Gasteiger partial charge in [0.05, 0.1) is 5.56 Å². The quantitative estimate of drug-likeness (QED) is 0.745. The third kappa shape index (κ3) is 1.85. The lowest BCUT2D eigenvalue weighted by Gasteiger charge is -2.12. The van der Waals surface area contributed by atoms with Crippen LogP contribution in [0.4, 0.5) is 0 Å². The smallest absolute Gasteiger partial charge is 0.260 e. The van der Waals surface area contributed by atoms with Crippen LogP contribution in [0.15, 0.2) is 16.9 Å². The summed E-state index contributed by atoms with van der Waals surface area (Å²) < 4.78 is 1.60. The molecule has 3 nitrogen and oxygen atoms in total. The molecule has 0 aliphatic carbocycles. The summed E-state index contributed by atoms with van der Waals surface area (Å²) in [5.41, 5.74) is 6.70. The van der Waals surface area contributed by atoms with Gasteiger partial charge >= 0.3 is 0 Å². The Morgan fingerprint density at radius 1 is 1.50 bits per heavy atom. The van der Waals surface area contributed by atoms with Crippen LogP contribution in [0.2, 0.25) is 0 Å². The van der Waals surface area contributed by atoms with Crippen LogP contribution in [0.5, 0.6) is 0 Å². The van der Waals surface area contributed by atoms with Crippen molar-refractivity contribution in [1.82, 2.24) is 4.57 Å². The molecule has 0 saturated heterocycles. The number of rotatable bonds is 2. The molecule has 0 atom stereocenters. The van der Waals surface area contributed by atoms with Crippen LogP contribution in [0.1, 0.15) is 31.0 Å². The SMILES string of the molecule is CC(C)c1ccc(C(N)=S)c(=O)n1C. The first-order valence-electron chi connectivity index (χ1n) is 4.45. The Balaban J connectivity index is 3.42. The summed E-state index contributed by atoms with van der Waals surface area (Å²) in [5.74, 6) is 0.313. The highest BCUT2D eigenvalue weighted by Crippen LogP contribution is 2.11. The predicted octanol–water partition coefficient (Wildman–Crippen LogP) is 1.14. The number of nitrogens with zero attached hydrogens (tertiary/aromatic N) is 1. The van der Waals surface area contributed by atoms with E-state index >= 15 is 0 Å². The van der Waals surface area contributed by atoms with Crippen molar-refractivity contribution in [1.29, 1.82) is 0 Å². The average Bonchev–Trinajstić information content (AvgIpc) is 2.08. The Labute approximate surface area is 88.5 Å². The molecule has 0 bridgehead atoms. The Kier molecular flexibility index (Phi) is 3.06. The zero-order valence-corrected chi connectivity index (χ0v) is 9.39. The summed E-state index contributed by atoms with van der Waals surface area (Å²) in [6.07, 6.45) is 0. The van der Waals surface area contributed by atoms with Crippen LogP contribution in [0.25, 0.3) is 0 Å². The molecule has 4 heteroatoms. The van der Waals surface area contributed by atoms with Gasteiger partial charge in [0.1, 0.15) is 4.99 Å². The fourth-order valence-corrected chi connectivity index (χ4v) is 1.57. The largest absolute Gasteiger partial charge is 0.389 e. The predicted molar refractivity (Wildman–Crippen MR) is 61.7 cm³/mol. The molecule has 0 fully saturated rings. The molecule has 2 N–H and O–H groups in total. The minimum Gasteiger partial charge on any atom is -0.389 e. The summed E-state index contributed by atoms with van der Waals surface area (Å²) >= 11 is 4.78. The molecule has 1 heterocycles. The van der Waals surface area contributed by atoms with Crippen molar-refractivity contribution in [2.45, 2.75) is 19.8 Å². The van der Waals surface area contributed by atoms with E-state index in [4.69, 9.17) is 18.0 Å². The monoisotopic (exact) mass is 210 g/mol. The molecule has 0 spiro atoms. The van der Waals surface area contributed by atoms with Gasteiger partial charge in [-0.1, -0.05) is 26.1 Å². The first-order chi connectivity index (χ1) is 6.45. The second-order valence-corrected chi connectivity index (χ2v) is 3.99. The third-order valence-electron chi connectivity index (χ3n) is 2.20. The van der Waals surface area contributed by atoms with Gasteiger partial charge in [0, 0.05) is 12.7 Å². The van der Waals surface area contributed by atoms with E-state index < -0.39 is 0 Å². The number of thiocarbonyl (C=S) groups is 1. The van der Waals surface area contributed by atoms with Crippen LogP contribution in [0.3, 0.4) is 0 Å². The van der Waals surface area contributed by atoms with E-state index in [1.54, 1.807) is 17.7 Å². The van der Waals surface area contributed by atoms with E-state index in [-0.39, 0.29) is 10.5 Å². The first-order valence-corrected chi connectivity index (χ1v) is 4.85. The average molecular weight is 210 g/mol. The second-order valence-electron chi connectivity index (χ2n) is 3.55. The normalized spacial score (nSPS) is 10.6. The molecule has 0 unspecified atom stereocenters. The molecule has 14 heavy (non-hydrogen) atoms. The van der Waals surface area contributed by atoms with Gasteiger partial charge in [0.15, 0.2) is 0 Å². The molecular formula is C10H14N2OS. The zero-order chi connectivity index (χ0) is 10.9. The van der Waals surface area contributed by atoms with Crippen molar-refractivity contribution in [3.63, 3.8) is 0 Å². The van der Waals surface area contributed by atoms with Crippen LogP contribution in [0, 0.1) is 0 Å². The van der Waals surface area contributed by atoms with E-state index in [1.807, 2.05) is 19.9 Å². The molecule has 0 radical (unpaired) electrons. The van der Waals surface area contributed by atoms with Crippen molar-refractivity contribution in [3.8, 4) is 0 Å². The lowest BCUT2D eigenvalue weighted by atomic mass is 10.1. The number of pyridine rings is 1. The molecule has 0 aliphatic rings. The van der Waals surface area contributed by atoms with Gasteiger partial charge in [0.25, 0.3) is 5.56 Å². The van der Waals surface area contributed by atoms with Crippen LogP contribution < -0.4 is 11.3 Å².